The summed E-state index contributed by atoms with van der Waals surface area (Å²) >= 11 is 5.87. The summed E-state index contributed by atoms with van der Waals surface area (Å²) in [5.41, 5.74) is 1.54. The molecule has 1 aromatic carbocycles. The molecule has 1 N–H and O–H groups in total. The van der Waals surface area contributed by atoms with Gasteiger partial charge in [0.25, 0.3) is 0 Å². The van der Waals surface area contributed by atoms with Crippen molar-refractivity contribution in [2.75, 3.05) is 7.11 Å². The predicted octanol–water partition coefficient (Wildman–Crippen LogP) is 2.66. The minimum atomic E-state index is -0.997. The Hall–Kier alpha value is -1.22. The summed E-state index contributed by atoms with van der Waals surface area (Å²) in [5, 5.41) is 9.29. The minimum Gasteiger partial charge on any atom is -0.496 e. The van der Waals surface area contributed by atoms with Gasteiger partial charge >= 0.3 is 5.97 Å². The van der Waals surface area contributed by atoms with Crippen LogP contribution >= 0.6 is 11.6 Å². The molecule has 0 fully saturated rings. The molecule has 1 rings (SSSR count). The molecule has 0 radical (unpaired) electrons. The average molecular weight is 215 g/mol. The van der Waals surface area contributed by atoms with Gasteiger partial charge in [-0.15, -0.1) is 0 Å². The molecule has 0 heterocycles. The first-order valence-electron chi connectivity index (χ1n) is 4.06. The minimum absolute atomic E-state index is 0.178. The molecule has 76 valence electrons. The van der Waals surface area contributed by atoms with E-state index in [1.807, 2.05) is 0 Å². The van der Waals surface area contributed by atoms with Crippen LogP contribution in [0.15, 0.2) is 6.07 Å². The molecule has 0 saturated carbocycles. The maximum absolute atomic E-state index is 10.8. The van der Waals surface area contributed by atoms with Crippen molar-refractivity contribution in [1.29, 1.82) is 0 Å². The highest BCUT2D eigenvalue weighted by Gasteiger charge is 2.16. The highest BCUT2D eigenvalue weighted by Crippen LogP contribution is 2.31. The normalized spacial score (nSPS) is 10.0. The molecule has 14 heavy (non-hydrogen) atoms. The van der Waals surface area contributed by atoms with E-state index in [9.17, 15) is 4.79 Å². The van der Waals surface area contributed by atoms with Crippen LogP contribution in [0.3, 0.4) is 0 Å². The molecule has 0 aromatic heterocycles. The molecule has 3 nitrogen and oxygen atoms in total. The van der Waals surface area contributed by atoms with Crippen LogP contribution in [0.5, 0.6) is 5.75 Å². The van der Waals surface area contributed by atoms with Crippen molar-refractivity contribution in [2.24, 2.45) is 0 Å². The van der Waals surface area contributed by atoms with Crippen molar-refractivity contribution in [3.63, 3.8) is 0 Å². The SMILES string of the molecule is COc1c(C)c(Cl)cc(C(=O)O)c1C. The number of carboxylic acid groups (broad SMARTS) is 1. The third kappa shape index (κ3) is 1.68. The lowest BCUT2D eigenvalue weighted by atomic mass is 10.0. The van der Waals surface area contributed by atoms with E-state index < -0.39 is 5.97 Å². The lowest BCUT2D eigenvalue weighted by Gasteiger charge is -2.12. The molecule has 0 amide bonds. The Balaban J connectivity index is 3.50. The first-order valence-corrected chi connectivity index (χ1v) is 4.43. The smallest absolute Gasteiger partial charge is 0.336 e. The largest absolute Gasteiger partial charge is 0.496 e. The van der Waals surface area contributed by atoms with Crippen molar-refractivity contribution in [2.45, 2.75) is 13.8 Å². The van der Waals surface area contributed by atoms with E-state index in [1.165, 1.54) is 13.2 Å². The number of hydrogen-bond acceptors (Lipinski definition) is 2. The number of carboxylic acids is 1. The topological polar surface area (TPSA) is 46.5 Å². The van der Waals surface area contributed by atoms with Gasteiger partial charge in [0.2, 0.25) is 0 Å². The molecule has 0 aliphatic rings. The number of carbonyl (C=O) groups is 1. The van der Waals surface area contributed by atoms with E-state index in [0.717, 1.165) is 5.56 Å². The first kappa shape index (κ1) is 10.9. The maximum atomic E-state index is 10.8. The van der Waals surface area contributed by atoms with Crippen LogP contribution in [0.2, 0.25) is 5.02 Å². The molecule has 0 aliphatic heterocycles. The number of ether oxygens (including phenoxy) is 1. The number of hydrogen-bond donors (Lipinski definition) is 1. The van der Waals surface area contributed by atoms with Crippen molar-refractivity contribution in [3.05, 3.63) is 27.8 Å². The molecule has 0 saturated heterocycles. The summed E-state index contributed by atoms with van der Waals surface area (Å²) in [4.78, 5) is 10.8. The summed E-state index contributed by atoms with van der Waals surface area (Å²) in [6.45, 7) is 3.49. The molecule has 0 aliphatic carbocycles. The van der Waals surface area contributed by atoms with Crippen LogP contribution in [-0.4, -0.2) is 18.2 Å². The fraction of sp³-hybridized carbons (Fsp3) is 0.300. The van der Waals surface area contributed by atoms with Crippen molar-refractivity contribution >= 4 is 17.6 Å². The maximum Gasteiger partial charge on any atom is 0.336 e. The fourth-order valence-electron chi connectivity index (χ4n) is 1.38. The molecule has 1 aromatic rings. The lowest BCUT2D eigenvalue weighted by Crippen LogP contribution is -2.03. The molecular formula is C10H11ClO3. The van der Waals surface area contributed by atoms with E-state index >= 15 is 0 Å². The zero-order chi connectivity index (χ0) is 10.9. The van der Waals surface area contributed by atoms with Crippen LogP contribution < -0.4 is 4.74 Å². The highest BCUT2D eigenvalue weighted by molar-refractivity contribution is 6.32. The monoisotopic (exact) mass is 214 g/mol. The zero-order valence-electron chi connectivity index (χ0n) is 8.22. The second-order valence-corrected chi connectivity index (χ2v) is 3.40. The van der Waals surface area contributed by atoms with E-state index in [1.54, 1.807) is 13.8 Å². The quantitative estimate of drug-likeness (QED) is 0.823. The molecular weight excluding hydrogens is 204 g/mol. The number of halogens is 1. The Morgan fingerprint density at radius 2 is 2.00 bits per heavy atom. The third-order valence-electron chi connectivity index (χ3n) is 2.15. The summed E-state index contributed by atoms with van der Waals surface area (Å²) in [6, 6.07) is 1.44. The second-order valence-electron chi connectivity index (χ2n) is 2.99. The van der Waals surface area contributed by atoms with E-state index in [2.05, 4.69) is 0 Å². The molecule has 0 bridgehead atoms. The Labute approximate surface area is 87.3 Å². The van der Waals surface area contributed by atoms with Gasteiger partial charge in [0.15, 0.2) is 0 Å². The van der Waals surface area contributed by atoms with Crippen LogP contribution in [0.25, 0.3) is 0 Å². The van der Waals surface area contributed by atoms with Crippen molar-refractivity contribution in [3.8, 4) is 5.75 Å². The second kappa shape index (κ2) is 3.88. The van der Waals surface area contributed by atoms with Crippen molar-refractivity contribution in [1.82, 2.24) is 0 Å². The zero-order valence-corrected chi connectivity index (χ0v) is 8.97. The number of benzene rings is 1. The van der Waals surface area contributed by atoms with Gasteiger partial charge in [-0.05, 0) is 19.9 Å². The molecule has 4 heteroatoms. The number of rotatable bonds is 2. The third-order valence-corrected chi connectivity index (χ3v) is 2.54. The first-order chi connectivity index (χ1) is 6.49. The van der Waals surface area contributed by atoms with Crippen LogP contribution in [-0.2, 0) is 0 Å². The van der Waals surface area contributed by atoms with Crippen LogP contribution in [0.4, 0.5) is 0 Å². The standard InChI is InChI=1S/C10H11ClO3/c1-5-7(10(12)13)4-8(11)6(2)9(5)14-3/h4H,1-3H3,(H,12,13). The highest BCUT2D eigenvalue weighted by atomic mass is 35.5. The lowest BCUT2D eigenvalue weighted by molar-refractivity contribution is 0.0695. The van der Waals surface area contributed by atoms with Gasteiger partial charge in [0.05, 0.1) is 12.7 Å². The average Bonchev–Trinajstić information content (AvgIpc) is 2.12. The summed E-state index contributed by atoms with van der Waals surface area (Å²) in [6.07, 6.45) is 0. The van der Waals surface area contributed by atoms with Gasteiger partial charge < -0.3 is 9.84 Å². The van der Waals surface area contributed by atoms with Crippen LogP contribution in [0.1, 0.15) is 21.5 Å². The molecule has 0 unspecified atom stereocenters. The van der Waals surface area contributed by atoms with Gasteiger partial charge in [0.1, 0.15) is 5.75 Å². The number of aromatic carboxylic acids is 1. The predicted molar refractivity (Wildman–Crippen MR) is 54.4 cm³/mol. The molecule has 0 atom stereocenters. The number of methoxy groups -OCH3 is 1. The van der Waals surface area contributed by atoms with Gasteiger partial charge in [-0.2, -0.15) is 0 Å². The van der Waals surface area contributed by atoms with Crippen molar-refractivity contribution < 1.29 is 14.6 Å². The Morgan fingerprint density at radius 1 is 1.43 bits per heavy atom. The Morgan fingerprint density at radius 3 is 2.43 bits per heavy atom. The van der Waals surface area contributed by atoms with Gasteiger partial charge in [0, 0.05) is 16.1 Å². The van der Waals surface area contributed by atoms with Gasteiger partial charge in [-0.1, -0.05) is 11.6 Å². The van der Waals surface area contributed by atoms with Gasteiger partial charge in [-0.3, -0.25) is 0 Å². The molecule has 0 spiro atoms. The summed E-state index contributed by atoms with van der Waals surface area (Å²) in [5.74, 6) is -0.461. The fourth-order valence-corrected chi connectivity index (χ4v) is 1.58. The summed E-state index contributed by atoms with van der Waals surface area (Å²) in [7, 11) is 1.50. The van der Waals surface area contributed by atoms with E-state index in [-0.39, 0.29) is 5.56 Å². The van der Waals surface area contributed by atoms with Gasteiger partial charge in [-0.25, -0.2) is 4.79 Å². The Bertz CT molecular complexity index is 385. The van der Waals surface area contributed by atoms with E-state index in [4.69, 9.17) is 21.4 Å². The summed E-state index contributed by atoms with van der Waals surface area (Å²) < 4.78 is 5.10. The van der Waals surface area contributed by atoms with Crippen LogP contribution in [0, 0.1) is 13.8 Å². The Kier molecular flexibility index (Phi) is 3.01. The van der Waals surface area contributed by atoms with E-state index in [0.29, 0.717) is 16.3 Å².